The average molecular weight is 182 g/mol. The van der Waals surface area contributed by atoms with Gasteiger partial charge in [-0.05, 0) is 5.56 Å². The monoisotopic (exact) mass is 182 g/mol. The largest absolute Gasteiger partial charge is 0.394 e. The SMILES string of the molecule is OCCn1cc(C2BOOC2)cn1. The van der Waals surface area contributed by atoms with Crippen molar-refractivity contribution in [2.24, 2.45) is 0 Å². The lowest BCUT2D eigenvalue weighted by Gasteiger charge is -1.98. The van der Waals surface area contributed by atoms with Gasteiger partial charge in [0.2, 0.25) is 0 Å². The van der Waals surface area contributed by atoms with Crippen molar-refractivity contribution >= 4 is 7.48 Å². The Labute approximate surface area is 76.5 Å². The molecule has 2 heterocycles. The van der Waals surface area contributed by atoms with Gasteiger partial charge in [-0.25, -0.2) is 0 Å². The highest BCUT2D eigenvalue weighted by molar-refractivity contribution is 6.30. The number of aliphatic hydroxyl groups is 1. The zero-order chi connectivity index (χ0) is 9.10. The standard InChI is InChI=1S/C7H11BN2O3/c11-2-1-10-4-6(3-9-10)7-5-12-13-8-7/h3-4,7-8,11H,1-2,5H2. The number of rotatable bonds is 3. The smallest absolute Gasteiger partial charge is 0.333 e. The van der Waals surface area contributed by atoms with Crippen molar-refractivity contribution < 1.29 is 14.8 Å². The predicted octanol–water partition coefficient (Wildman–Crippen LogP) is -0.770. The van der Waals surface area contributed by atoms with Gasteiger partial charge < -0.3 is 9.91 Å². The fraction of sp³-hybridized carbons (Fsp3) is 0.571. The van der Waals surface area contributed by atoms with Crippen LogP contribution in [0, 0.1) is 0 Å². The lowest BCUT2D eigenvalue weighted by Crippen LogP contribution is -2.04. The summed E-state index contributed by atoms with van der Waals surface area (Å²) in [6, 6.07) is 0. The average Bonchev–Trinajstić information content (AvgIpc) is 2.70. The molecule has 0 amide bonds. The molecule has 1 N–H and O–H groups in total. The van der Waals surface area contributed by atoms with Gasteiger partial charge in [-0.3, -0.25) is 9.57 Å². The summed E-state index contributed by atoms with van der Waals surface area (Å²) in [5, 5.41) is 12.8. The summed E-state index contributed by atoms with van der Waals surface area (Å²) < 4.78 is 1.72. The molecule has 1 aliphatic heterocycles. The molecule has 5 nitrogen and oxygen atoms in total. The maximum absolute atomic E-state index is 8.68. The number of aromatic nitrogens is 2. The molecule has 0 aromatic carbocycles. The van der Waals surface area contributed by atoms with Crippen LogP contribution in [0.3, 0.4) is 0 Å². The summed E-state index contributed by atoms with van der Waals surface area (Å²) in [6.45, 7) is 1.23. The molecule has 70 valence electrons. The Morgan fingerprint density at radius 2 is 2.69 bits per heavy atom. The summed E-state index contributed by atoms with van der Waals surface area (Å²) in [6.07, 6.45) is 3.71. The number of nitrogens with zero attached hydrogens (tertiary/aromatic N) is 2. The van der Waals surface area contributed by atoms with Crippen molar-refractivity contribution in [1.82, 2.24) is 9.78 Å². The molecule has 1 saturated heterocycles. The second kappa shape index (κ2) is 3.91. The van der Waals surface area contributed by atoms with E-state index < -0.39 is 0 Å². The van der Waals surface area contributed by atoms with Crippen molar-refractivity contribution in [2.45, 2.75) is 12.4 Å². The molecule has 2 rings (SSSR count). The maximum atomic E-state index is 8.68. The Hall–Kier alpha value is -0.845. The van der Waals surface area contributed by atoms with Gasteiger partial charge in [0.05, 0.1) is 26.0 Å². The van der Waals surface area contributed by atoms with Crippen LogP contribution in [0.2, 0.25) is 0 Å². The van der Waals surface area contributed by atoms with E-state index in [2.05, 4.69) is 5.10 Å². The first kappa shape index (κ1) is 8.74. The van der Waals surface area contributed by atoms with Gasteiger partial charge in [0, 0.05) is 12.0 Å². The first-order valence-corrected chi connectivity index (χ1v) is 4.28. The summed E-state index contributed by atoms with van der Waals surface area (Å²) in [5.74, 6) is 0.285. The van der Waals surface area contributed by atoms with Gasteiger partial charge in [-0.15, -0.1) is 0 Å². The van der Waals surface area contributed by atoms with E-state index in [-0.39, 0.29) is 12.4 Å². The van der Waals surface area contributed by atoms with E-state index in [1.54, 1.807) is 10.9 Å². The lowest BCUT2D eigenvalue weighted by molar-refractivity contribution is -0.183. The predicted molar refractivity (Wildman–Crippen MR) is 46.2 cm³/mol. The van der Waals surface area contributed by atoms with Gasteiger partial charge in [0.25, 0.3) is 0 Å². The van der Waals surface area contributed by atoms with Crippen LogP contribution in [0.15, 0.2) is 12.4 Å². The number of aliphatic hydroxyl groups excluding tert-OH is 1. The van der Waals surface area contributed by atoms with Crippen LogP contribution in [-0.4, -0.2) is 35.6 Å². The number of hydrogen-bond donors (Lipinski definition) is 1. The summed E-state index contributed by atoms with van der Waals surface area (Å²) in [5.41, 5.74) is 1.10. The number of hydrogen-bond acceptors (Lipinski definition) is 4. The van der Waals surface area contributed by atoms with Crippen molar-refractivity contribution in [3.8, 4) is 0 Å². The van der Waals surface area contributed by atoms with Crippen molar-refractivity contribution in [2.75, 3.05) is 13.2 Å². The fourth-order valence-corrected chi connectivity index (χ4v) is 1.32. The van der Waals surface area contributed by atoms with Crippen LogP contribution >= 0.6 is 0 Å². The molecule has 0 saturated carbocycles. The molecule has 0 aliphatic carbocycles. The second-order valence-electron chi connectivity index (χ2n) is 3.03. The van der Waals surface area contributed by atoms with E-state index in [4.69, 9.17) is 14.8 Å². The molecule has 0 spiro atoms. The van der Waals surface area contributed by atoms with Gasteiger partial charge >= 0.3 is 7.48 Å². The lowest BCUT2D eigenvalue weighted by atomic mass is 9.78. The third kappa shape index (κ3) is 1.90. The van der Waals surface area contributed by atoms with Crippen LogP contribution in [-0.2, 0) is 16.2 Å². The Balaban J connectivity index is 2.03. The van der Waals surface area contributed by atoms with E-state index in [9.17, 15) is 0 Å². The summed E-state index contributed by atoms with van der Waals surface area (Å²) >= 11 is 0. The van der Waals surface area contributed by atoms with Crippen molar-refractivity contribution in [3.05, 3.63) is 18.0 Å². The molecular formula is C7H11BN2O3. The molecular weight excluding hydrogens is 171 g/mol. The molecule has 1 atom stereocenters. The molecule has 0 radical (unpaired) electrons. The van der Waals surface area contributed by atoms with E-state index >= 15 is 0 Å². The van der Waals surface area contributed by atoms with E-state index in [0.29, 0.717) is 20.6 Å². The van der Waals surface area contributed by atoms with E-state index in [1.807, 2.05) is 6.20 Å². The van der Waals surface area contributed by atoms with Gasteiger partial charge in [0.1, 0.15) is 0 Å². The molecule has 6 heteroatoms. The van der Waals surface area contributed by atoms with Crippen LogP contribution < -0.4 is 0 Å². The Morgan fingerprint density at radius 1 is 1.77 bits per heavy atom. The molecule has 1 aromatic heterocycles. The van der Waals surface area contributed by atoms with Crippen LogP contribution in [0.4, 0.5) is 0 Å². The van der Waals surface area contributed by atoms with Crippen LogP contribution in [0.25, 0.3) is 0 Å². The highest BCUT2D eigenvalue weighted by Crippen LogP contribution is 2.18. The summed E-state index contributed by atoms with van der Waals surface area (Å²) in [7, 11) is 0.588. The molecule has 1 aliphatic rings. The highest BCUT2D eigenvalue weighted by atomic mass is 17.2. The second-order valence-corrected chi connectivity index (χ2v) is 3.03. The van der Waals surface area contributed by atoms with Gasteiger partial charge in [-0.2, -0.15) is 5.10 Å². The van der Waals surface area contributed by atoms with Crippen LogP contribution in [0.5, 0.6) is 0 Å². The van der Waals surface area contributed by atoms with Crippen molar-refractivity contribution in [3.63, 3.8) is 0 Å². The molecule has 1 unspecified atom stereocenters. The molecule has 1 aromatic rings. The van der Waals surface area contributed by atoms with Crippen molar-refractivity contribution in [1.29, 1.82) is 0 Å². The third-order valence-electron chi connectivity index (χ3n) is 2.08. The quantitative estimate of drug-likeness (QED) is 0.492. The topological polar surface area (TPSA) is 56.5 Å². The first-order valence-electron chi connectivity index (χ1n) is 4.28. The molecule has 13 heavy (non-hydrogen) atoms. The fourth-order valence-electron chi connectivity index (χ4n) is 1.32. The highest BCUT2D eigenvalue weighted by Gasteiger charge is 2.22. The van der Waals surface area contributed by atoms with Crippen LogP contribution in [0.1, 0.15) is 11.4 Å². The molecule has 0 bridgehead atoms. The third-order valence-corrected chi connectivity index (χ3v) is 2.08. The van der Waals surface area contributed by atoms with Gasteiger partial charge in [0.15, 0.2) is 0 Å². The Morgan fingerprint density at radius 3 is 3.38 bits per heavy atom. The van der Waals surface area contributed by atoms with Gasteiger partial charge in [-0.1, -0.05) is 0 Å². The zero-order valence-electron chi connectivity index (χ0n) is 7.22. The minimum absolute atomic E-state index is 0.110. The minimum Gasteiger partial charge on any atom is -0.394 e. The minimum atomic E-state index is 0.110. The van der Waals surface area contributed by atoms with E-state index in [0.717, 1.165) is 5.56 Å². The summed E-state index contributed by atoms with van der Waals surface area (Å²) in [4.78, 5) is 9.59. The zero-order valence-corrected chi connectivity index (χ0v) is 7.22. The maximum Gasteiger partial charge on any atom is 0.333 e. The molecule has 1 fully saturated rings. The Kier molecular flexibility index (Phi) is 2.63. The normalized spacial score (nSPS) is 21.8. The Bertz CT molecular complexity index is 272. The van der Waals surface area contributed by atoms with E-state index in [1.165, 1.54) is 0 Å². The first-order chi connectivity index (χ1) is 6.40.